The minimum absolute atomic E-state index is 0.559. The molecule has 0 spiro atoms. The number of nitrogens with two attached hydrogens (primary N) is 1. The van der Waals surface area contributed by atoms with E-state index in [4.69, 9.17) is 10.5 Å². The Morgan fingerprint density at radius 3 is 2.80 bits per heavy atom. The molecular weight excluding hydrogens is 254 g/mol. The van der Waals surface area contributed by atoms with Crippen LogP contribution in [0.2, 0.25) is 0 Å². The lowest BCUT2D eigenvalue weighted by Gasteiger charge is -2.29. The second-order valence-corrected chi connectivity index (χ2v) is 4.70. The summed E-state index contributed by atoms with van der Waals surface area (Å²) in [6.07, 6.45) is 0. The van der Waals surface area contributed by atoms with E-state index in [1.165, 1.54) is 0 Å². The van der Waals surface area contributed by atoms with Gasteiger partial charge in [-0.25, -0.2) is 4.98 Å². The molecular formula is C14H19N5O. The average Bonchev–Trinajstić information content (AvgIpc) is 2.53. The van der Waals surface area contributed by atoms with Gasteiger partial charge >= 0.3 is 0 Å². The summed E-state index contributed by atoms with van der Waals surface area (Å²) in [4.78, 5) is 11.4. The van der Waals surface area contributed by atoms with Gasteiger partial charge in [0.25, 0.3) is 0 Å². The molecule has 1 aromatic carbocycles. The minimum atomic E-state index is 0.559. The van der Waals surface area contributed by atoms with Crippen LogP contribution < -0.4 is 16.0 Å². The van der Waals surface area contributed by atoms with E-state index >= 15 is 0 Å². The van der Waals surface area contributed by atoms with Crippen LogP contribution in [0.4, 0.5) is 11.8 Å². The highest BCUT2D eigenvalue weighted by molar-refractivity contribution is 5.90. The normalized spacial score (nSPS) is 15.6. The number of anilines is 2. The van der Waals surface area contributed by atoms with Gasteiger partial charge in [-0.1, -0.05) is 12.1 Å². The minimum Gasteiger partial charge on any atom is -0.378 e. The van der Waals surface area contributed by atoms with Crippen LogP contribution in [-0.4, -0.2) is 49.4 Å². The van der Waals surface area contributed by atoms with Gasteiger partial charge in [-0.15, -0.1) is 0 Å². The van der Waals surface area contributed by atoms with Gasteiger partial charge in [-0.3, -0.25) is 0 Å². The Morgan fingerprint density at radius 2 is 2.00 bits per heavy atom. The van der Waals surface area contributed by atoms with Gasteiger partial charge in [0.2, 0.25) is 5.95 Å². The van der Waals surface area contributed by atoms with Crippen molar-refractivity contribution in [3.05, 3.63) is 24.3 Å². The molecule has 0 aliphatic carbocycles. The van der Waals surface area contributed by atoms with Gasteiger partial charge in [0.15, 0.2) is 0 Å². The highest BCUT2D eigenvalue weighted by Crippen LogP contribution is 2.25. The number of morpholine rings is 1. The molecule has 1 saturated heterocycles. The van der Waals surface area contributed by atoms with Crippen molar-refractivity contribution in [1.82, 2.24) is 9.97 Å². The monoisotopic (exact) mass is 273 g/mol. The van der Waals surface area contributed by atoms with E-state index in [1.54, 1.807) is 0 Å². The van der Waals surface area contributed by atoms with Gasteiger partial charge in [0.05, 0.1) is 18.7 Å². The lowest BCUT2D eigenvalue weighted by molar-refractivity contribution is 0.122. The second kappa shape index (κ2) is 6.02. The van der Waals surface area contributed by atoms with Gasteiger partial charge in [0, 0.05) is 31.6 Å². The summed E-state index contributed by atoms with van der Waals surface area (Å²) in [7, 11) is 0. The third kappa shape index (κ3) is 2.66. The molecule has 20 heavy (non-hydrogen) atoms. The van der Waals surface area contributed by atoms with E-state index in [2.05, 4.69) is 26.3 Å². The van der Waals surface area contributed by atoms with Crippen LogP contribution in [0.3, 0.4) is 0 Å². The fourth-order valence-electron chi connectivity index (χ4n) is 2.34. The molecule has 1 aliphatic rings. The Labute approximate surface area is 117 Å². The number of fused-ring (bicyclic) bond motifs is 1. The van der Waals surface area contributed by atoms with Crippen LogP contribution in [0.25, 0.3) is 10.9 Å². The number of benzene rings is 1. The van der Waals surface area contributed by atoms with Crippen LogP contribution in [0.5, 0.6) is 0 Å². The van der Waals surface area contributed by atoms with Gasteiger partial charge in [-0.05, 0) is 12.1 Å². The van der Waals surface area contributed by atoms with Crippen molar-refractivity contribution in [3.63, 3.8) is 0 Å². The van der Waals surface area contributed by atoms with E-state index in [0.717, 1.165) is 43.0 Å². The lowest BCUT2D eigenvalue weighted by atomic mass is 10.2. The Hall–Kier alpha value is -1.92. The molecule has 2 aromatic rings. The molecule has 1 aliphatic heterocycles. The van der Waals surface area contributed by atoms with Crippen molar-refractivity contribution in [2.45, 2.75) is 0 Å². The summed E-state index contributed by atoms with van der Waals surface area (Å²) in [6, 6.07) is 8.08. The Morgan fingerprint density at radius 1 is 1.20 bits per heavy atom. The summed E-state index contributed by atoms with van der Waals surface area (Å²) >= 11 is 0. The van der Waals surface area contributed by atoms with Gasteiger partial charge < -0.3 is 20.7 Å². The third-order valence-corrected chi connectivity index (χ3v) is 3.32. The number of nitrogens with zero attached hydrogens (tertiary/aromatic N) is 3. The largest absolute Gasteiger partial charge is 0.378 e. The topological polar surface area (TPSA) is 76.3 Å². The Kier molecular flexibility index (Phi) is 3.94. The summed E-state index contributed by atoms with van der Waals surface area (Å²) in [5, 5.41) is 4.24. The summed E-state index contributed by atoms with van der Waals surface area (Å²) in [5.41, 5.74) is 6.47. The average molecular weight is 273 g/mol. The number of ether oxygens (including phenoxy) is 1. The molecule has 0 radical (unpaired) electrons. The van der Waals surface area contributed by atoms with E-state index in [9.17, 15) is 0 Å². The van der Waals surface area contributed by atoms with Crippen LogP contribution in [0.1, 0.15) is 0 Å². The zero-order valence-electron chi connectivity index (χ0n) is 11.4. The fraction of sp³-hybridized carbons (Fsp3) is 0.429. The summed E-state index contributed by atoms with van der Waals surface area (Å²) < 4.78 is 5.41. The molecule has 0 bridgehead atoms. The number of aromatic nitrogens is 2. The Bertz CT molecular complexity index is 583. The predicted molar refractivity (Wildman–Crippen MR) is 80.1 cm³/mol. The molecule has 0 amide bonds. The van der Waals surface area contributed by atoms with E-state index < -0.39 is 0 Å². The number of hydrogen-bond donors (Lipinski definition) is 2. The Balaban J connectivity index is 2.02. The molecule has 0 atom stereocenters. The highest BCUT2D eigenvalue weighted by atomic mass is 16.5. The highest BCUT2D eigenvalue weighted by Gasteiger charge is 2.16. The lowest BCUT2D eigenvalue weighted by Crippen LogP contribution is -2.37. The molecule has 106 valence electrons. The quantitative estimate of drug-likeness (QED) is 0.859. The molecule has 6 nitrogen and oxygen atoms in total. The maximum Gasteiger partial charge on any atom is 0.225 e. The second-order valence-electron chi connectivity index (χ2n) is 4.70. The SMILES string of the molecule is NCCNc1nc(N2CCOCC2)c2ccccc2n1. The fourth-order valence-corrected chi connectivity index (χ4v) is 2.34. The smallest absolute Gasteiger partial charge is 0.225 e. The number of nitrogens with one attached hydrogen (secondary N) is 1. The molecule has 6 heteroatoms. The van der Waals surface area contributed by atoms with Crippen LogP contribution >= 0.6 is 0 Å². The first-order chi connectivity index (χ1) is 9.88. The van der Waals surface area contributed by atoms with Crippen molar-refractivity contribution in [1.29, 1.82) is 0 Å². The summed E-state index contributed by atoms with van der Waals surface area (Å²) in [6.45, 7) is 4.42. The van der Waals surface area contributed by atoms with E-state index in [-0.39, 0.29) is 0 Å². The first-order valence-corrected chi connectivity index (χ1v) is 6.92. The molecule has 1 aromatic heterocycles. The van der Waals surface area contributed by atoms with Crippen molar-refractivity contribution in [2.75, 3.05) is 49.6 Å². The maximum atomic E-state index is 5.52. The maximum absolute atomic E-state index is 5.52. The first-order valence-electron chi connectivity index (χ1n) is 6.92. The van der Waals surface area contributed by atoms with Gasteiger partial charge in [-0.2, -0.15) is 4.98 Å². The van der Waals surface area contributed by atoms with Crippen molar-refractivity contribution in [2.24, 2.45) is 5.73 Å². The predicted octanol–water partition coefficient (Wildman–Crippen LogP) is 0.837. The van der Waals surface area contributed by atoms with Crippen LogP contribution in [-0.2, 0) is 4.74 Å². The number of hydrogen-bond acceptors (Lipinski definition) is 6. The van der Waals surface area contributed by atoms with Crippen LogP contribution in [0.15, 0.2) is 24.3 Å². The zero-order chi connectivity index (χ0) is 13.8. The molecule has 3 N–H and O–H groups in total. The molecule has 1 fully saturated rings. The van der Waals surface area contributed by atoms with E-state index in [1.807, 2.05) is 18.2 Å². The standard InChI is InChI=1S/C14H19N5O/c15-5-6-16-14-17-12-4-2-1-3-11(12)13(18-14)19-7-9-20-10-8-19/h1-4H,5-10,15H2,(H,16,17,18). The van der Waals surface area contributed by atoms with Crippen LogP contribution in [0, 0.1) is 0 Å². The molecule has 2 heterocycles. The zero-order valence-corrected chi connectivity index (χ0v) is 11.4. The van der Waals surface area contributed by atoms with E-state index in [0.29, 0.717) is 19.0 Å². The molecule has 0 unspecified atom stereocenters. The van der Waals surface area contributed by atoms with Crippen molar-refractivity contribution in [3.8, 4) is 0 Å². The van der Waals surface area contributed by atoms with Gasteiger partial charge in [0.1, 0.15) is 5.82 Å². The molecule has 3 rings (SSSR count). The van der Waals surface area contributed by atoms with Crippen molar-refractivity contribution < 1.29 is 4.74 Å². The number of para-hydroxylation sites is 1. The first kappa shape index (κ1) is 13.1. The third-order valence-electron chi connectivity index (χ3n) is 3.32. The number of rotatable bonds is 4. The summed E-state index contributed by atoms with van der Waals surface area (Å²) in [5.74, 6) is 1.61. The van der Waals surface area contributed by atoms with Crippen molar-refractivity contribution >= 4 is 22.7 Å². The molecule has 0 saturated carbocycles.